The quantitative estimate of drug-likeness (QED) is 0.499. The molecular formula is C14H12IN3S. The van der Waals surface area contributed by atoms with Crippen molar-refractivity contribution in [1.82, 2.24) is 9.97 Å². The fourth-order valence-corrected chi connectivity index (χ4v) is 3.35. The van der Waals surface area contributed by atoms with E-state index >= 15 is 0 Å². The number of aromatic nitrogens is 2. The summed E-state index contributed by atoms with van der Waals surface area (Å²) in [6.07, 6.45) is 0. The summed E-state index contributed by atoms with van der Waals surface area (Å²) in [7, 11) is 4.08. The molecule has 0 spiro atoms. The van der Waals surface area contributed by atoms with Gasteiger partial charge in [0.25, 0.3) is 0 Å². The van der Waals surface area contributed by atoms with Crippen molar-refractivity contribution in [3.8, 4) is 10.6 Å². The van der Waals surface area contributed by atoms with Crippen LogP contribution < -0.4 is 4.90 Å². The summed E-state index contributed by atoms with van der Waals surface area (Å²) >= 11 is 3.86. The molecule has 0 fully saturated rings. The molecule has 0 amide bonds. The van der Waals surface area contributed by atoms with E-state index in [0.29, 0.717) is 0 Å². The lowest BCUT2D eigenvalue weighted by molar-refractivity contribution is 1.13. The van der Waals surface area contributed by atoms with Gasteiger partial charge in [0.2, 0.25) is 0 Å². The van der Waals surface area contributed by atoms with Crippen LogP contribution in [0.15, 0.2) is 36.4 Å². The van der Waals surface area contributed by atoms with Crippen molar-refractivity contribution >= 4 is 50.0 Å². The maximum atomic E-state index is 4.64. The van der Waals surface area contributed by atoms with Gasteiger partial charge in [-0.05, 0) is 59.0 Å². The molecule has 5 heteroatoms. The van der Waals surface area contributed by atoms with Crippen molar-refractivity contribution < 1.29 is 0 Å². The first kappa shape index (κ1) is 12.8. The molecule has 96 valence electrons. The second kappa shape index (κ2) is 5.05. The van der Waals surface area contributed by atoms with E-state index in [9.17, 15) is 0 Å². The molecule has 0 bridgehead atoms. The van der Waals surface area contributed by atoms with Crippen molar-refractivity contribution in [2.45, 2.75) is 0 Å². The Hall–Kier alpha value is -1.21. The monoisotopic (exact) mass is 377 g/mol. The highest BCUT2D eigenvalue weighted by Crippen LogP contribution is 2.30. The lowest BCUT2D eigenvalue weighted by Gasteiger charge is -2.11. The molecule has 0 unspecified atom stereocenters. The van der Waals surface area contributed by atoms with Gasteiger partial charge in [-0.2, -0.15) is 0 Å². The van der Waals surface area contributed by atoms with Crippen LogP contribution in [-0.4, -0.2) is 24.1 Å². The topological polar surface area (TPSA) is 29.0 Å². The number of rotatable bonds is 2. The van der Waals surface area contributed by atoms with Crippen molar-refractivity contribution in [2.75, 3.05) is 19.0 Å². The van der Waals surface area contributed by atoms with Crippen LogP contribution in [0.5, 0.6) is 0 Å². The summed E-state index contributed by atoms with van der Waals surface area (Å²) in [5.41, 5.74) is 3.30. The standard InChI is InChI=1S/C14H12IN3S/c1-18(2)10-5-3-9(4-6-10)13-16-11-7-8-12(15)17-14(11)19-13/h3-8H,1-2H3/i15-4. The van der Waals surface area contributed by atoms with E-state index in [0.717, 1.165) is 24.6 Å². The average molecular weight is 377 g/mol. The average Bonchev–Trinajstić information content (AvgIpc) is 2.81. The van der Waals surface area contributed by atoms with Crippen molar-refractivity contribution in [2.24, 2.45) is 0 Å². The maximum absolute atomic E-state index is 4.64. The lowest BCUT2D eigenvalue weighted by atomic mass is 10.2. The molecule has 3 rings (SSSR count). The SMILES string of the molecule is CN(C)c1ccc(-c2nc3ccc([123I])nc3s2)cc1. The Morgan fingerprint density at radius 2 is 1.74 bits per heavy atom. The van der Waals surface area contributed by atoms with Gasteiger partial charge in [-0.15, -0.1) is 0 Å². The van der Waals surface area contributed by atoms with Crippen LogP contribution in [-0.2, 0) is 0 Å². The van der Waals surface area contributed by atoms with Gasteiger partial charge in [-0.1, -0.05) is 11.3 Å². The number of hydrogen-bond acceptors (Lipinski definition) is 4. The minimum atomic E-state index is 0.970. The second-order valence-corrected chi connectivity index (χ2v) is 6.50. The van der Waals surface area contributed by atoms with E-state index in [4.69, 9.17) is 0 Å². The predicted octanol–water partition coefficient (Wildman–Crippen LogP) is 4.03. The molecule has 0 saturated carbocycles. The zero-order valence-electron chi connectivity index (χ0n) is 10.6. The maximum Gasteiger partial charge on any atom is 0.145 e. The van der Waals surface area contributed by atoms with Gasteiger partial charge in [0.1, 0.15) is 19.1 Å². The van der Waals surface area contributed by atoms with Gasteiger partial charge in [0.05, 0.1) is 0 Å². The number of thiazole rings is 1. The molecule has 1 aromatic carbocycles. The third kappa shape index (κ3) is 2.57. The van der Waals surface area contributed by atoms with Crippen LogP contribution in [0.4, 0.5) is 5.69 Å². The first-order valence-corrected chi connectivity index (χ1v) is 7.74. The number of fused-ring (bicyclic) bond motifs is 1. The van der Waals surface area contributed by atoms with Crippen LogP contribution in [0.1, 0.15) is 0 Å². The van der Waals surface area contributed by atoms with Gasteiger partial charge in [-0.3, -0.25) is 0 Å². The molecule has 2 heterocycles. The first-order valence-electron chi connectivity index (χ1n) is 5.84. The Morgan fingerprint density at radius 1 is 1.00 bits per heavy atom. The Balaban J connectivity index is 2.03. The summed E-state index contributed by atoms with van der Waals surface area (Å²) < 4.78 is 1.00. The third-order valence-electron chi connectivity index (χ3n) is 2.85. The van der Waals surface area contributed by atoms with E-state index in [1.807, 2.05) is 26.2 Å². The molecule has 0 saturated heterocycles. The smallest absolute Gasteiger partial charge is 0.145 e. The van der Waals surface area contributed by atoms with Crippen molar-refractivity contribution in [1.29, 1.82) is 0 Å². The Kier molecular flexibility index (Phi) is 3.40. The molecule has 19 heavy (non-hydrogen) atoms. The number of benzene rings is 1. The van der Waals surface area contributed by atoms with Gasteiger partial charge in [0, 0.05) is 25.3 Å². The highest BCUT2D eigenvalue weighted by Gasteiger charge is 2.07. The van der Waals surface area contributed by atoms with Crippen LogP contribution in [0.25, 0.3) is 20.9 Å². The van der Waals surface area contributed by atoms with Crippen LogP contribution >= 0.6 is 33.9 Å². The van der Waals surface area contributed by atoms with E-state index in [-0.39, 0.29) is 0 Å². The molecule has 0 radical (unpaired) electrons. The Morgan fingerprint density at radius 3 is 2.42 bits per heavy atom. The van der Waals surface area contributed by atoms with Crippen LogP contribution in [0.3, 0.4) is 0 Å². The molecule has 0 atom stereocenters. The normalized spacial score (nSPS) is 10.9. The molecule has 3 nitrogen and oxygen atoms in total. The lowest BCUT2D eigenvalue weighted by Crippen LogP contribution is -2.07. The Labute approximate surface area is 129 Å². The number of halogens is 1. The molecule has 0 aliphatic rings. The molecule has 0 aliphatic carbocycles. The summed E-state index contributed by atoms with van der Waals surface area (Å²) in [5.74, 6) is 0. The number of pyridine rings is 1. The Bertz CT molecular complexity index is 719. The van der Waals surface area contributed by atoms with E-state index in [1.165, 1.54) is 5.69 Å². The fraction of sp³-hybridized carbons (Fsp3) is 0.143. The predicted molar refractivity (Wildman–Crippen MR) is 89.9 cm³/mol. The molecule has 0 aliphatic heterocycles. The van der Waals surface area contributed by atoms with E-state index < -0.39 is 0 Å². The summed E-state index contributed by atoms with van der Waals surface area (Å²) in [6.45, 7) is 0. The summed E-state index contributed by atoms with van der Waals surface area (Å²) in [6, 6.07) is 12.5. The van der Waals surface area contributed by atoms with Gasteiger partial charge in [-0.25, -0.2) is 9.97 Å². The minimum Gasteiger partial charge on any atom is -0.378 e. The van der Waals surface area contributed by atoms with Crippen molar-refractivity contribution in [3.05, 3.63) is 40.1 Å². The van der Waals surface area contributed by atoms with Crippen LogP contribution in [0, 0.1) is 3.70 Å². The summed E-state index contributed by atoms with van der Waals surface area (Å²) in [5, 5.41) is 1.02. The molecule has 2 aromatic heterocycles. The number of anilines is 1. The van der Waals surface area contributed by atoms with Gasteiger partial charge in [0.15, 0.2) is 0 Å². The van der Waals surface area contributed by atoms with Gasteiger partial charge < -0.3 is 4.90 Å². The second-order valence-electron chi connectivity index (χ2n) is 4.42. The largest absolute Gasteiger partial charge is 0.378 e. The van der Waals surface area contributed by atoms with E-state index in [2.05, 4.69) is 61.7 Å². The number of nitrogens with zero attached hydrogens (tertiary/aromatic N) is 3. The highest BCUT2D eigenvalue weighted by molar-refractivity contribution is 14.1. The van der Waals surface area contributed by atoms with Crippen LogP contribution in [0.2, 0.25) is 0 Å². The molecule has 3 aromatic rings. The highest BCUT2D eigenvalue weighted by atomic mass is 123. The summed E-state index contributed by atoms with van der Waals surface area (Å²) in [4.78, 5) is 12.2. The third-order valence-corrected chi connectivity index (χ3v) is 4.47. The van der Waals surface area contributed by atoms with Gasteiger partial charge >= 0.3 is 0 Å². The van der Waals surface area contributed by atoms with Crippen molar-refractivity contribution in [3.63, 3.8) is 0 Å². The molecular weight excluding hydrogens is 365 g/mol. The number of hydrogen-bond donors (Lipinski definition) is 0. The molecule has 0 N–H and O–H groups in total. The minimum absolute atomic E-state index is 0.970. The fourth-order valence-electron chi connectivity index (χ4n) is 1.82. The zero-order valence-corrected chi connectivity index (χ0v) is 13.6. The van der Waals surface area contributed by atoms with E-state index in [1.54, 1.807) is 11.3 Å². The first-order chi connectivity index (χ1) is 9.13. The zero-order chi connectivity index (χ0) is 13.4.